The SMILES string of the molecule is C=C(CC(=O)O)C(=O)O.CC(=CC(=O)O)C(=O)O.O=C(O)C=CC(=O)O. The molecule has 0 heterocycles. The van der Waals surface area contributed by atoms with Crippen molar-refractivity contribution in [3.05, 3.63) is 36.0 Å². The summed E-state index contributed by atoms with van der Waals surface area (Å²) in [4.78, 5) is 58.4. The smallest absolute Gasteiger partial charge is 0.331 e. The van der Waals surface area contributed by atoms with Crippen LogP contribution in [-0.2, 0) is 28.8 Å². The lowest BCUT2D eigenvalue weighted by Crippen LogP contribution is -2.04. The summed E-state index contributed by atoms with van der Waals surface area (Å²) in [6.45, 7) is 4.23. The minimum atomic E-state index is -1.27. The van der Waals surface area contributed by atoms with Crippen molar-refractivity contribution < 1.29 is 59.4 Å². The third-order valence-corrected chi connectivity index (χ3v) is 1.71. The van der Waals surface area contributed by atoms with Crippen molar-refractivity contribution in [1.29, 1.82) is 0 Å². The molecule has 0 aliphatic carbocycles. The monoisotopic (exact) mass is 376 g/mol. The van der Waals surface area contributed by atoms with Gasteiger partial charge in [-0.2, -0.15) is 0 Å². The molecule has 0 aliphatic heterocycles. The van der Waals surface area contributed by atoms with Gasteiger partial charge in [0.1, 0.15) is 0 Å². The van der Waals surface area contributed by atoms with E-state index in [0.717, 1.165) is 0 Å². The molecule has 26 heavy (non-hydrogen) atoms. The van der Waals surface area contributed by atoms with Gasteiger partial charge in [-0.05, 0) is 6.92 Å². The second-order valence-corrected chi connectivity index (χ2v) is 3.96. The molecule has 0 unspecified atom stereocenters. The normalized spacial score (nSPS) is 9.65. The van der Waals surface area contributed by atoms with E-state index < -0.39 is 42.2 Å². The lowest BCUT2D eigenvalue weighted by atomic mass is 10.2. The van der Waals surface area contributed by atoms with Crippen LogP contribution in [0.1, 0.15) is 13.3 Å². The lowest BCUT2D eigenvalue weighted by Gasteiger charge is -1.91. The molecule has 0 bridgehead atoms. The minimum Gasteiger partial charge on any atom is -0.481 e. The maximum atomic E-state index is 9.90. The minimum absolute atomic E-state index is 0.178. The lowest BCUT2D eigenvalue weighted by molar-refractivity contribution is -0.139. The predicted molar refractivity (Wildman–Crippen MR) is 82.5 cm³/mol. The van der Waals surface area contributed by atoms with E-state index in [4.69, 9.17) is 30.6 Å². The summed E-state index contributed by atoms with van der Waals surface area (Å²) in [5.74, 6) is -7.41. The third kappa shape index (κ3) is 25.0. The Morgan fingerprint density at radius 1 is 0.731 bits per heavy atom. The highest BCUT2D eigenvalue weighted by molar-refractivity contribution is 5.94. The molecular weight excluding hydrogens is 360 g/mol. The molecule has 0 radical (unpaired) electrons. The zero-order valence-electron chi connectivity index (χ0n) is 13.3. The molecule has 0 rings (SSSR count). The number of aliphatic carboxylic acids is 6. The standard InChI is InChI=1S/2C5H6O4.C4H4O4/c2*1-3(5(8)9)2-4(6)7;5-3(6)1-2-4(7)8/h2H,1H3,(H,6,7)(H,8,9);1-2H2,(H,6,7)(H,8,9);1-2H,(H,5,6)(H,7,8). The fourth-order valence-corrected chi connectivity index (χ4v) is 0.648. The van der Waals surface area contributed by atoms with Crippen LogP contribution in [0.2, 0.25) is 0 Å². The van der Waals surface area contributed by atoms with E-state index in [2.05, 4.69) is 6.58 Å². The van der Waals surface area contributed by atoms with Crippen LogP contribution >= 0.6 is 0 Å². The van der Waals surface area contributed by atoms with Crippen molar-refractivity contribution >= 4 is 35.8 Å². The summed E-state index contributed by atoms with van der Waals surface area (Å²) in [6.07, 6.45) is 1.25. The van der Waals surface area contributed by atoms with Crippen LogP contribution in [0.3, 0.4) is 0 Å². The first-order valence-electron chi connectivity index (χ1n) is 6.12. The largest absolute Gasteiger partial charge is 0.481 e. The summed E-state index contributed by atoms with van der Waals surface area (Å²) in [7, 11) is 0. The van der Waals surface area contributed by atoms with Crippen molar-refractivity contribution in [2.24, 2.45) is 0 Å². The molecule has 0 aromatic heterocycles. The van der Waals surface area contributed by atoms with Crippen LogP contribution in [-0.4, -0.2) is 66.5 Å². The third-order valence-electron chi connectivity index (χ3n) is 1.71. The summed E-state index contributed by atoms with van der Waals surface area (Å²) in [5, 5.41) is 47.8. The van der Waals surface area contributed by atoms with E-state index in [-0.39, 0.29) is 11.1 Å². The zero-order valence-corrected chi connectivity index (χ0v) is 13.3. The second-order valence-electron chi connectivity index (χ2n) is 3.96. The highest BCUT2D eigenvalue weighted by Gasteiger charge is 2.07. The molecule has 0 aliphatic rings. The van der Waals surface area contributed by atoms with Crippen molar-refractivity contribution in [3.8, 4) is 0 Å². The van der Waals surface area contributed by atoms with Gasteiger partial charge in [0, 0.05) is 29.4 Å². The molecular formula is C14H16O12. The molecule has 0 aromatic carbocycles. The Bertz CT molecular complexity index is 622. The van der Waals surface area contributed by atoms with E-state index in [0.29, 0.717) is 18.2 Å². The van der Waals surface area contributed by atoms with Crippen molar-refractivity contribution in [2.45, 2.75) is 13.3 Å². The highest BCUT2D eigenvalue weighted by Crippen LogP contribution is 1.95. The van der Waals surface area contributed by atoms with E-state index in [1.165, 1.54) is 6.92 Å². The van der Waals surface area contributed by atoms with Gasteiger partial charge >= 0.3 is 35.8 Å². The van der Waals surface area contributed by atoms with Crippen LogP contribution in [0, 0.1) is 0 Å². The molecule has 0 aromatic rings. The zero-order chi connectivity index (χ0) is 21.4. The topological polar surface area (TPSA) is 224 Å². The van der Waals surface area contributed by atoms with Gasteiger partial charge in [-0.3, -0.25) is 4.79 Å². The molecule has 0 fully saturated rings. The summed E-state index contributed by atoms with van der Waals surface area (Å²) in [5.41, 5.74) is -0.481. The van der Waals surface area contributed by atoms with Gasteiger partial charge in [0.25, 0.3) is 0 Å². The fourth-order valence-electron chi connectivity index (χ4n) is 0.648. The van der Waals surface area contributed by atoms with Crippen molar-refractivity contribution in [3.63, 3.8) is 0 Å². The summed E-state index contributed by atoms with van der Waals surface area (Å²) < 4.78 is 0. The number of carbonyl (C=O) groups is 6. The average molecular weight is 376 g/mol. The first-order valence-corrected chi connectivity index (χ1v) is 6.12. The van der Waals surface area contributed by atoms with Gasteiger partial charge < -0.3 is 30.6 Å². The molecule has 6 N–H and O–H groups in total. The van der Waals surface area contributed by atoms with E-state index in [9.17, 15) is 28.8 Å². The van der Waals surface area contributed by atoms with Gasteiger partial charge in [0.15, 0.2) is 0 Å². The molecule has 0 atom stereocenters. The first-order chi connectivity index (χ1) is 11.7. The fraction of sp³-hybridized carbons (Fsp3) is 0.143. The Morgan fingerprint density at radius 2 is 1.12 bits per heavy atom. The van der Waals surface area contributed by atoms with Gasteiger partial charge in [0.05, 0.1) is 6.42 Å². The Balaban J connectivity index is -0.000000306. The van der Waals surface area contributed by atoms with Gasteiger partial charge in [-0.15, -0.1) is 0 Å². The number of rotatable bonds is 7. The highest BCUT2D eigenvalue weighted by atomic mass is 16.4. The molecule has 0 amide bonds. The summed E-state index contributed by atoms with van der Waals surface area (Å²) >= 11 is 0. The van der Waals surface area contributed by atoms with E-state index >= 15 is 0 Å². The van der Waals surface area contributed by atoms with Gasteiger partial charge in [-0.1, -0.05) is 6.58 Å². The molecule has 12 heteroatoms. The second kappa shape index (κ2) is 14.6. The Hall–Kier alpha value is -3.96. The molecule has 0 saturated carbocycles. The maximum absolute atomic E-state index is 9.90. The van der Waals surface area contributed by atoms with Gasteiger partial charge in [0.2, 0.25) is 0 Å². The van der Waals surface area contributed by atoms with Crippen LogP contribution in [0.4, 0.5) is 0 Å². The van der Waals surface area contributed by atoms with Crippen LogP contribution in [0.5, 0.6) is 0 Å². The summed E-state index contributed by atoms with van der Waals surface area (Å²) in [6, 6.07) is 0. The predicted octanol–water partition coefficient (Wildman–Crippen LogP) is -0.0844. The number of hydrogen-bond acceptors (Lipinski definition) is 6. The van der Waals surface area contributed by atoms with Crippen LogP contribution < -0.4 is 0 Å². The average Bonchev–Trinajstić information content (AvgIpc) is 2.44. The number of carboxylic acid groups (broad SMARTS) is 6. The Kier molecular flexibility index (Phi) is 15.1. The molecule has 12 nitrogen and oxygen atoms in total. The number of hydrogen-bond donors (Lipinski definition) is 6. The van der Waals surface area contributed by atoms with Crippen LogP contribution in [0.25, 0.3) is 0 Å². The Morgan fingerprint density at radius 3 is 1.23 bits per heavy atom. The van der Waals surface area contributed by atoms with Crippen LogP contribution in [0.15, 0.2) is 36.0 Å². The molecule has 144 valence electrons. The first kappa shape index (κ1) is 26.9. The Labute approximate surface area is 145 Å². The van der Waals surface area contributed by atoms with Crippen molar-refractivity contribution in [2.75, 3.05) is 0 Å². The van der Waals surface area contributed by atoms with E-state index in [1.807, 2.05) is 0 Å². The molecule has 0 saturated heterocycles. The number of carboxylic acids is 6. The van der Waals surface area contributed by atoms with Gasteiger partial charge in [-0.25, -0.2) is 24.0 Å². The molecule has 0 spiro atoms. The maximum Gasteiger partial charge on any atom is 0.331 e. The quantitative estimate of drug-likeness (QED) is 0.321. The van der Waals surface area contributed by atoms with Crippen molar-refractivity contribution in [1.82, 2.24) is 0 Å². The van der Waals surface area contributed by atoms with E-state index in [1.54, 1.807) is 0 Å².